The van der Waals surface area contributed by atoms with Crippen LogP contribution < -0.4 is 11.1 Å². The quantitative estimate of drug-likeness (QED) is 0.339. The molecular weight excluding hydrogens is 508 g/mol. The molecule has 1 heterocycles. The van der Waals surface area contributed by atoms with Gasteiger partial charge in [-0.3, -0.25) is 9.89 Å². The van der Waals surface area contributed by atoms with Crippen molar-refractivity contribution in [3.05, 3.63) is 65.2 Å². The minimum atomic E-state index is -4.35. The van der Waals surface area contributed by atoms with E-state index < -0.39 is 11.7 Å². The molecule has 1 saturated heterocycles. The molecule has 0 spiro atoms. The van der Waals surface area contributed by atoms with Gasteiger partial charge in [0.25, 0.3) is 0 Å². The maximum atomic E-state index is 12.9. The smallest absolute Gasteiger partial charge is 0.379 e. The molecule has 0 amide bonds. The highest BCUT2D eigenvalue weighted by Gasteiger charge is 2.31. The van der Waals surface area contributed by atoms with Crippen LogP contribution in [0.25, 0.3) is 0 Å². The number of anilines is 1. The SMILES string of the molecule is Cc1cccc(NC(N)=NCC(c2ccc(C(F)(F)F)cc2)N2CCOCC2)c1.I. The van der Waals surface area contributed by atoms with Crippen LogP contribution in [0, 0.1) is 6.92 Å². The summed E-state index contributed by atoms with van der Waals surface area (Å²) in [6.45, 7) is 4.85. The maximum Gasteiger partial charge on any atom is 0.416 e. The first-order valence-electron chi connectivity index (χ1n) is 9.45. The lowest BCUT2D eigenvalue weighted by Crippen LogP contribution is -2.40. The molecular formula is C21H26F3IN4O. The van der Waals surface area contributed by atoms with Crippen LogP contribution in [0.1, 0.15) is 22.7 Å². The number of hydrogen-bond acceptors (Lipinski definition) is 3. The highest BCUT2D eigenvalue weighted by Crippen LogP contribution is 2.31. The van der Waals surface area contributed by atoms with E-state index in [1.807, 2.05) is 31.2 Å². The summed E-state index contributed by atoms with van der Waals surface area (Å²) < 4.78 is 44.1. The Hall–Kier alpha value is -1.85. The van der Waals surface area contributed by atoms with Gasteiger partial charge in [0.15, 0.2) is 5.96 Å². The van der Waals surface area contributed by atoms with Crippen molar-refractivity contribution in [2.24, 2.45) is 10.7 Å². The van der Waals surface area contributed by atoms with Crippen molar-refractivity contribution in [1.29, 1.82) is 0 Å². The molecule has 1 aliphatic rings. The predicted molar refractivity (Wildman–Crippen MR) is 123 cm³/mol. The van der Waals surface area contributed by atoms with Gasteiger partial charge in [0, 0.05) is 18.8 Å². The van der Waals surface area contributed by atoms with Crippen molar-refractivity contribution < 1.29 is 17.9 Å². The average molecular weight is 534 g/mol. The Labute approximate surface area is 191 Å². The van der Waals surface area contributed by atoms with Crippen LogP contribution in [0.4, 0.5) is 18.9 Å². The monoisotopic (exact) mass is 534 g/mol. The van der Waals surface area contributed by atoms with E-state index in [2.05, 4.69) is 15.2 Å². The minimum absolute atomic E-state index is 0. The van der Waals surface area contributed by atoms with E-state index in [-0.39, 0.29) is 36.0 Å². The molecule has 0 saturated carbocycles. The summed E-state index contributed by atoms with van der Waals surface area (Å²) in [6, 6.07) is 12.8. The first kappa shape index (κ1) is 24.4. The number of ether oxygens (including phenoxy) is 1. The van der Waals surface area contributed by atoms with E-state index in [1.54, 1.807) is 0 Å². The lowest BCUT2D eigenvalue weighted by Gasteiger charge is -2.34. The zero-order valence-electron chi connectivity index (χ0n) is 16.7. The number of nitrogens with zero attached hydrogens (tertiary/aromatic N) is 2. The number of aryl methyl sites for hydroxylation is 1. The molecule has 1 aliphatic heterocycles. The third-order valence-electron chi connectivity index (χ3n) is 4.83. The van der Waals surface area contributed by atoms with E-state index in [9.17, 15) is 13.2 Å². The van der Waals surface area contributed by atoms with Crippen molar-refractivity contribution in [2.45, 2.75) is 19.1 Å². The zero-order valence-corrected chi connectivity index (χ0v) is 19.0. The Kier molecular flexibility index (Phi) is 8.92. The second-order valence-corrected chi connectivity index (χ2v) is 7.00. The first-order valence-corrected chi connectivity index (χ1v) is 9.45. The molecule has 1 atom stereocenters. The van der Waals surface area contributed by atoms with E-state index in [1.165, 1.54) is 12.1 Å². The van der Waals surface area contributed by atoms with E-state index >= 15 is 0 Å². The summed E-state index contributed by atoms with van der Waals surface area (Å²) in [5.41, 5.74) is 8.08. The molecule has 0 aromatic heterocycles. The predicted octanol–water partition coefficient (Wildman–Crippen LogP) is 4.43. The fourth-order valence-electron chi connectivity index (χ4n) is 3.31. The number of halogens is 4. The number of alkyl halides is 3. The largest absolute Gasteiger partial charge is 0.416 e. The van der Waals surface area contributed by atoms with Gasteiger partial charge in [0.2, 0.25) is 0 Å². The van der Waals surface area contributed by atoms with Crippen LogP contribution in [-0.4, -0.2) is 43.7 Å². The summed E-state index contributed by atoms with van der Waals surface area (Å²) in [5, 5.41) is 3.06. The first-order chi connectivity index (χ1) is 13.8. The second kappa shape index (κ2) is 11.0. The molecule has 1 unspecified atom stereocenters. The Morgan fingerprint density at radius 3 is 2.43 bits per heavy atom. The van der Waals surface area contributed by atoms with Crippen LogP contribution in [0.3, 0.4) is 0 Å². The number of hydrogen-bond donors (Lipinski definition) is 2. The summed E-state index contributed by atoms with van der Waals surface area (Å²) in [5.74, 6) is 0.265. The van der Waals surface area contributed by atoms with E-state index in [4.69, 9.17) is 10.5 Å². The second-order valence-electron chi connectivity index (χ2n) is 7.00. The fraction of sp³-hybridized carbons (Fsp3) is 0.381. The summed E-state index contributed by atoms with van der Waals surface area (Å²) in [6.07, 6.45) is -4.35. The molecule has 0 radical (unpaired) electrons. The molecule has 2 aromatic rings. The van der Waals surface area contributed by atoms with Gasteiger partial charge >= 0.3 is 6.18 Å². The Morgan fingerprint density at radius 2 is 1.83 bits per heavy atom. The zero-order chi connectivity index (χ0) is 20.9. The lowest BCUT2D eigenvalue weighted by atomic mass is 10.0. The number of aliphatic imine (C=N–C) groups is 1. The van der Waals surface area contributed by atoms with Crippen LogP contribution in [0.2, 0.25) is 0 Å². The van der Waals surface area contributed by atoms with Crippen LogP contribution in [0.15, 0.2) is 53.5 Å². The number of rotatable bonds is 5. The molecule has 30 heavy (non-hydrogen) atoms. The Balaban J connectivity index is 0.00000320. The molecule has 9 heteroatoms. The Bertz CT molecular complexity index is 837. The number of guanidine groups is 1. The third kappa shape index (κ3) is 6.85. The van der Waals surface area contributed by atoms with Gasteiger partial charge in [0.05, 0.1) is 31.4 Å². The van der Waals surface area contributed by atoms with Gasteiger partial charge in [-0.05, 0) is 42.3 Å². The number of morpholine rings is 1. The molecule has 0 aliphatic carbocycles. The summed E-state index contributed by atoms with van der Waals surface area (Å²) in [7, 11) is 0. The molecule has 1 fully saturated rings. The van der Waals surface area contributed by atoms with Gasteiger partial charge in [-0.25, -0.2) is 0 Å². The number of benzene rings is 2. The van der Waals surface area contributed by atoms with Gasteiger partial charge in [0.1, 0.15) is 0 Å². The van der Waals surface area contributed by atoms with Crippen LogP contribution >= 0.6 is 24.0 Å². The van der Waals surface area contributed by atoms with Crippen molar-refractivity contribution in [1.82, 2.24) is 4.90 Å². The van der Waals surface area contributed by atoms with Gasteiger partial charge < -0.3 is 15.8 Å². The molecule has 5 nitrogen and oxygen atoms in total. The average Bonchev–Trinajstić information content (AvgIpc) is 2.69. The molecule has 3 N–H and O–H groups in total. The molecule has 0 bridgehead atoms. The normalized spacial score (nSPS) is 16.6. The van der Waals surface area contributed by atoms with Crippen molar-refractivity contribution in [3.63, 3.8) is 0 Å². The van der Waals surface area contributed by atoms with E-state index in [0.29, 0.717) is 32.8 Å². The number of nitrogens with one attached hydrogen (secondary N) is 1. The van der Waals surface area contributed by atoms with Crippen molar-refractivity contribution >= 4 is 35.6 Å². The van der Waals surface area contributed by atoms with E-state index in [0.717, 1.165) is 28.9 Å². The fourth-order valence-corrected chi connectivity index (χ4v) is 3.31. The third-order valence-corrected chi connectivity index (χ3v) is 4.83. The topological polar surface area (TPSA) is 62.9 Å². The lowest BCUT2D eigenvalue weighted by molar-refractivity contribution is -0.137. The van der Waals surface area contributed by atoms with Gasteiger partial charge in [-0.2, -0.15) is 13.2 Å². The van der Waals surface area contributed by atoms with Crippen LogP contribution in [0.5, 0.6) is 0 Å². The highest BCUT2D eigenvalue weighted by atomic mass is 127. The summed E-state index contributed by atoms with van der Waals surface area (Å²) in [4.78, 5) is 6.61. The minimum Gasteiger partial charge on any atom is -0.379 e. The standard InChI is InChI=1S/C21H25F3N4O.HI/c1-15-3-2-4-18(13-15)27-20(25)26-14-19(28-9-11-29-12-10-28)16-5-7-17(8-6-16)21(22,23)24;/h2-8,13,19H,9-12,14H2,1H3,(H3,25,26,27);1H. The van der Waals surface area contributed by atoms with Crippen molar-refractivity contribution in [2.75, 3.05) is 38.2 Å². The van der Waals surface area contributed by atoms with Crippen LogP contribution in [-0.2, 0) is 10.9 Å². The van der Waals surface area contributed by atoms with Crippen molar-refractivity contribution in [3.8, 4) is 0 Å². The molecule has 164 valence electrons. The van der Waals surface area contributed by atoms with Gasteiger partial charge in [-0.15, -0.1) is 24.0 Å². The molecule has 3 rings (SSSR count). The number of nitrogens with two attached hydrogens (primary N) is 1. The van der Waals surface area contributed by atoms with Gasteiger partial charge in [-0.1, -0.05) is 24.3 Å². The Morgan fingerprint density at radius 1 is 1.17 bits per heavy atom. The summed E-state index contributed by atoms with van der Waals surface area (Å²) >= 11 is 0. The highest BCUT2D eigenvalue weighted by molar-refractivity contribution is 14.0. The molecule has 2 aromatic carbocycles. The maximum absolute atomic E-state index is 12.9.